The normalized spacial score (nSPS) is 17.3. The molecule has 0 unspecified atom stereocenters. The van der Waals surface area contributed by atoms with Gasteiger partial charge < -0.3 is 4.98 Å². The summed E-state index contributed by atoms with van der Waals surface area (Å²) in [6.07, 6.45) is 5.84. The van der Waals surface area contributed by atoms with Crippen LogP contribution in [0.5, 0.6) is 0 Å². The van der Waals surface area contributed by atoms with Crippen LogP contribution in [0.25, 0.3) is 22.7 Å². The summed E-state index contributed by atoms with van der Waals surface area (Å²) < 4.78 is 2.62. The highest BCUT2D eigenvalue weighted by Crippen LogP contribution is 2.41. The molecule has 1 atom stereocenters. The quantitative estimate of drug-likeness (QED) is 0.405. The third kappa shape index (κ3) is 2.90. The molecule has 3 aromatic carbocycles. The van der Waals surface area contributed by atoms with Crippen LogP contribution in [0.2, 0.25) is 0 Å². The Morgan fingerprint density at radius 3 is 2.65 bits per heavy atom. The average molecular weight is 460 g/mol. The molecule has 0 saturated heterocycles. The Bertz CT molecular complexity index is 1790. The first kappa shape index (κ1) is 19.5. The lowest BCUT2D eigenvalue weighted by Crippen LogP contribution is -2.38. The van der Waals surface area contributed by atoms with Crippen LogP contribution >= 0.6 is 11.3 Å². The van der Waals surface area contributed by atoms with E-state index in [0.717, 1.165) is 45.4 Å². The van der Waals surface area contributed by atoms with Crippen LogP contribution in [0, 0.1) is 0 Å². The van der Waals surface area contributed by atoms with Crippen molar-refractivity contribution in [3.8, 4) is 0 Å². The number of aryl methyl sites for hydroxylation is 1. The van der Waals surface area contributed by atoms with E-state index < -0.39 is 0 Å². The molecule has 7 rings (SSSR count). The standard InChI is InChI=1S/C29H21N3OS/c33-28-25(16-20-17-30-24-13-7-6-11-21(20)24)34-29-31-26-22-12-5-4-8-18(22)14-15-23(26)27(32(28)29)19-9-2-1-3-10-19/h1-13,16-17,27,30H,14-15H2/t27-/m1/s1. The van der Waals surface area contributed by atoms with Gasteiger partial charge in [-0.15, -0.1) is 0 Å². The summed E-state index contributed by atoms with van der Waals surface area (Å²) in [4.78, 5) is 23.0. The van der Waals surface area contributed by atoms with Crippen molar-refractivity contribution < 1.29 is 0 Å². The fourth-order valence-corrected chi connectivity index (χ4v) is 6.30. The number of hydrogen-bond donors (Lipinski definition) is 1. The van der Waals surface area contributed by atoms with E-state index in [9.17, 15) is 4.79 Å². The number of para-hydroxylation sites is 1. The minimum atomic E-state index is -0.133. The zero-order chi connectivity index (χ0) is 22.6. The van der Waals surface area contributed by atoms with Gasteiger partial charge in [-0.25, -0.2) is 4.99 Å². The molecule has 1 aliphatic heterocycles. The van der Waals surface area contributed by atoms with Crippen LogP contribution < -0.4 is 14.9 Å². The Morgan fingerprint density at radius 1 is 0.941 bits per heavy atom. The Kier molecular flexibility index (Phi) is 4.32. The highest BCUT2D eigenvalue weighted by atomic mass is 32.1. The molecule has 1 aliphatic carbocycles. The van der Waals surface area contributed by atoms with Crippen LogP contribution in [0.15, 0.2) is 100 Å². The third-order valence-corrected chi connectivity index (χ3v) is 7.88. The zero-order valence-corrected chi connectivity index (χ0v) is 19.2. The third-order valence-electron chi connectivity index (χ3n) is 6.90. The molecular formula is C29H21N3OS. The van der Waals surface area contributed by atoms with E-state index in [1.54, 1.807) is 0 Å². The number of nitrogens with one attached hydrogen (secondary N) is 1. The fourth-order valence-electron chi connectivity index (χ4n) is 5.31. The van der Waals surface area contributed by atoms with Crippen LogP contribution in [-0.4, -0.2) is 9.55 Å². The molecule has 0 saturated carbocycles. The summed E-state index contributed by atoms with van der Waals surface area (Å²) in [7, 11) is 0. The molecule has 0 spiro atoms. The maximum absolute atomic E-state index is 13.8. The van der Waals surface area contributed by atoms with Gasteiger partial charge in [0.15, 0.2) is 4.80 Å². The summed E-state index contributed by atoms with van der Waals surface area (Å²) in [5, 5.41) is 1.11. The first-order chi connectivity index (χ1) is 16.8. The van der Waals surface area contributed by atoms with Gasteiger partial charge in [-0.1, -0.05) is 84.1 Å². The number of aromatic amines is 1. The fraction of sp³-hybridized carbons (Fsp3) is 0.103. The molecule has 5 heteroatoms. The molecule has 34 heavy (non-hydrogen) atoms. The number of nitrogens with zero attached hydrogens (tertiary/aromatic N) is 2. The lowest BCUT2D eigenvalue weighted by atomic mass is 9.83. The van der Waals surface area contributed by atoms with Gasteiger partial charge in [0.05, 0.1) is 16.3 Å². The monoisotopic (exact) mass is 459 g/mol. The van der Waals surface area contributed by atoms with Crippen molar-refractivity contribution in [3.05, 3.63) is 133 Å². The largest absolute Gasteiger partial charge is 0.361 e. The van der Waals surface area contributed by atoms with E-state index in [4.69, 9.17) is 4.99 Å². The first-order valence-corrected chi connectivity index (χ1v) is 12.3. The van der Waals surface area contributed by atoms with Gasteiger partial charge in [-0.3, -0.25) is 9.36 Å². The number of hydrogen-bond acceptors (Lipinski definition) is 3. The predicted octanol–water partition coefficient (Wildman–Crippen LogP) is 4.80. The Balaban J connectivity index is 1.50. The topological polar surface area (TPSA) is 50.1 Å². The number of aromatic nitrogens is 2. The summed E-state index contributed by atoms with van der Waals surface area (Å²) in [6.45, 7) is 0. The maximum Gasteiger partial charge on any atom is 0.271 e. The summed E-state index contributed by atoms with van der Waals surface area (Å²) in [5.74, 6) is 0. The molecular weight excluding hydrogens is 438 g/mol. The van der Waals surface area contributed by atoms with Crippen LogP contribution in [0.1, 0.15) is 34.7 Å². The lowest BCUT2D eigenvalue weighted by molar-refractivity contribution is 0.585. The Hall–Kier alpha value is -3.96. The SMILES string of the molecule is O=c1c(=Cc2c[nH]c3ccccc23)sc2n1[C@H](c1ccccc1)C1=C(N=2)c2ccccc2CC1. The summed E-state index contributed by atoms with van der Waals surface area (Å²) >= 11 is 1.48. The Morgan fingerprint density at radius 2 is 1.74 bits per heavy atom. The van der Waals surface area contributed by atoms with Crippen LogP contribution in [0.4, 0.5) is 0 Å². The van der Waals surface area contributed by atoms with Crippen molar-refractivity contribution in [3.63, 3.8) is 0 Å². The number of benzene rings is 3. The average Bonchev–Trinajstić information content (AvgIpc) is 3.44. The molecule has 3 heterocycles. The van der Waals surface area contributed by atoms with E-state index in [0.29, 0.717) is 4.53 Å². The van der Waals surface area contributed by atoms with Crippen LogP contribution in [0.3, 0.4) is 0 Å². The molecule has 5 aromatic rings. The number of thiazole rings is 1. The second kappa shape index (κ2) is 7.54. The maximum atomic E-state index is 13.8. The van der Waals surface area contributed by atoms with E-state index in [2.05, 4.69) is 53.5 Å². The molecule has 1 N–H and O–H groups in total. The number of allylic oxidation sites excluding steroid dienone is 1. The second-order valence-electron chi connectivity index (χ2n) is 8.81. The molecule has 0 bridgehead atoms. The van der Waals surface area contributed by atoms with Gasteiger partial charge in [0.2, 0.25) is 0 Å². The molecule has 164 valence electrons. The highest BCUT2D eigenvalue weighted by molar-refractivity contribution is 7.07. The minimum absolute atomic E-state index is 0.0216. The van der Waals surface area contributed by atoms with Gasteiger partial charge in [0.25, 0.3) is 5.56 Å². The lowest BCUT2D eigenvalue weighted by Gasteiger charge is -2.30. The van der Waals surface area contributed by atoms with Gasteiger partial charge >= 0.3 is 0 Å². The van der Waals surface area contributed by atoms with Gasteiger partial charge in [-0.2, -0.15) is 0 Å². The molecule has 4 nitrogen and oxygen atoms in total. The van der Waals surface area contributed by atoms with E-state index in [1.807, 2.05) is 47.2 Å². The van der Waals surface area contributed by atoms with Gasteiger partial charge in [0.1, 0.15) is 0 Å². The van der Waals surface area contributed by atoms with Crippen molar-refractivity contribution in [1.29, 1.82) is 0 Å². The molecule has 0 radical (unpaired) electrons. The van der Waals surface area contributed by atoms with E-state index in [1.165, 1.54) is 28.0 Å². The second-order valence-corrected chi connectivity index (χ2v) is 9.82. The molecule has 2 aliphatic rings. The number of H-pyrrole nitrogens is 1. The van der Waals surface area contributed by atoms with Crippen molar-refractivity contribution in [2.75, 3.05) is 0 Å². The molecule has 2 aromatic heterocycles. The highest BCUT2D eigenvalue weighted by Gasteiger charge is 2.32. The van der Waals surface area contributed by atoms with Crippen molar-refractivity contribution >= 4 is 34.0 Å². The summed E-state index contributed by atoms with van der Waals surface area (Å²) in [6, 6.07) is 26.9. The van der Waals surface area contributed by atoms with E-state index >= 15 is 0 Å². The molecule has 0 fully saturated rings. The van der Waals surface area contributed by atoms with Gasteiger partial charge in [0, 0.05) is 28.2 Å². The van der Waals surface area contributed by atoms with Gasteiger partial charge in [-0.05, 0) is 41.7 Å². The van der Waals surface area contributed by atoms with Crippen LogP contribution in [-0.2, 0) is 6.42 Å². The first-order valence-electron chi connectivity index (χ1n) is 11.5. The smallest absolute Gasteiger partial charge is 0.271 e. The predicted molar refractivity (Wildman–Crippen MR) is 137 cm³/mol. The zero-order valence-electron chi connectivity index (χ0n) is 18.4. The van der Waals surface area contributed by atoms with Crippen molar-refractivity contribution in [2.45, 2.75) is 18.9 Å². The van der Waals surface area contributed by atoms with Crippen molar-refractivity contribution in [2.24, 2.45) is 4.99 Å². The Labute approximate surface area is 199 Å². The molecule has 0 amide bonds. The van der Waals surface area contributed by atoms with Crippen molar-refractivity contribution in [1.82, 2.24) is 9.55 Å². The summed E-state index contributed by atoms with van der Waals surface area (Å²) in [5.41, 5.74) is 8.03. The number of rotatable bonds is 2. The number of fused-ring (bicyclic) bond motifs is 4. The minimum Gasteiger partial charge on any atom is -0.361 e. The van der Waals surface area contributed by atoms with E-state index in [-0.39, 0.29) is 11.6 Å².